The largest absolute Gasteiger partial charge is 0.492 e. The summed E-state index contributed by atoms with van der Waals surface area (Å²) in [5.74, 6) is 2.74. The molecule has 2 atom stereocenters. The normalized spacial score (nSPS) is 16.0. The van der Waals surface area contributed by atoms with Crippen LogP contribution in [0.2, 0.25) is 0 Å². The number of hydrogen-bond donors (Lipinski definition) is 0. The molecular formula is C69H79N19O6. The van der Waals surface area contributed by atoms with Crippen LogP contribution in [0.1, 0.15) is 60.9 Å². The van der Waals surface area contributed by atoms with Gasteiger partial charge in [-0.25, -0.2) is 28.5 Å². The van der Waals surface area contributed by atoms with Gasteiger partial charge < -0.3 is 28.9 Å². The van der Waals surface area contributed by atoms with Gasteiger partial charge in [0.1, 0.15) is 45.5 Å². The van der Waals surface area contributed by atoms with Gasteiger partial charge in [-0.1, -0.05) is 13.8 Å². The molecule has 12 aromatic heterocycles. The molecule has 0 aromatic carbocycles. The van der Waals surface area contributed by atoms with Crippen molar-refractivity contribution in [2.45, 2.75) is 67.2 Å². The molecule has 0 spiro atoms. The Morgan fingerprint density at radius 1 is 0.511 bits per heavy atom. The third kappa shape index (κ3) is 13.7. The van der Waals surface area contributed by atoms with Crippen LogP contribution in [0, 0.1) is 39.5 Å². The maximum atomic E-state index is 13.0. The summed E-state index contributed by atoms with van der Waals surface area (Å²) in [6.45, 7) is 23.0. The Kier molecular flexibility index (Phi) is 18.1. The zero-order valence-electron chi connectivity index (χ0n) is 54.8. The van der Waals surface area contributed by atoms with Crippen molar-refractivity contribution in [2.24, 2.45) is 11.8 Å². The summed E-state index contributed by atoms with van der Waals surface area (Å²) < 4.78 is 27.1. The predicted octanol–water partition coefficient (Wildman–Crippen LogP) is 7.00. The molecule has 12 aromatic rings. The maximum Gasteiger partial charge on any atom is 0.258 e. The van der Waals surface area contributed by atoms with E-state index in [1.807, 2.05) is 112 Å². The first-order valence-electron chi connectivity index (χ1n) is 32.3. The molecule has 3 fully saturated rings. The molecule has 0 N–H and O–H groups in total. The van der Waals surface area contributed by atoms with E-state index in [-0.39, 0.29) is 16.7 Å². The van der Waals surface area contributed by atoms with Gasteiger partial charge in [0, 0.05) is 76.8 Å². The topological polar surface area (TPSA) is 234 Å². The molecule has 0 unspecified atom stereocenters. The van der Waals surface area contributed by atoms with Crippen LogP contribution in [0.5, 0.6) is 11.5 Å². The Hall–Kier alpha value is -9.82. The lowest BCUT2D eigenvalue weighted by Gasteiger charge is -2.26. The Bertz CT molecular complexity index is 4950. The number of aromatic nitrogens is 15. The molecule has 15 heterocycles. The Balaban J connectivity index is 0.000000128. The van der Waals surface area contributed by atoms with Gasteiger partial charge in [0.15, 0.2) is 0 Å². The lowest BCUT2D eigenvalue weighted by atomic mass is 10.0. The van der Waals surface area contributed by atoms with Crippen LogP contribution in [0.3, 0.4) is 0 Å². The highest BCUT2D eigenvalue weighted by Gasteiger charge is 2.39. The van der Waals surface area contributed by atoms with Crippen molar-refractivity contribution in [2.75, 3.05) is 105 Å². The van der Waals surface area contributed by atoms with E-state index in [1.54, 1.807) is 39.5 Å². The molecule has 25 nitrogen and oxygen atoms in total. The van der Waals surface area contributed by atoms with E-state index in [2.05, 4.69) is 86.8 Å². The molecular weight excluding hydrogens is 1190 g/mol. The van der Waals surface area contributed by atoms with E-state index in [9.17, 15) is 14.4 Å². The van der Waals surface area contributed by atoms with Crippen molar-refractivity contribution in [3.8, 4) is 45.7 Å². The number of aryl methyl sites for hydroxylation is 6. The number of anilines is 1. The minimum atomic E-state index is -0.171. The molecule has 3 aliphatic heterocycles. The second-order valence-electron chi connectivity index (χ2n) is 25.0. The third-order valence-electron chi connectivity index (χ3n) is 17.5. The summed E-state index contributed by atoms with van der Waals surface area (Å²) in [6.07, 6.45) is 14.4. The lowest BCUT2D eigenvalue weighted by molar-refractivity contribution is 0.0358. The van der Waals surface area contributed by atoms with Gasteiger partial charge in [0.25, 0.3) is 16.7 Å². The van der Waals surface area contributed by atoms with Gasteiger partial charge in [-0.2, -0.15) is 15.3 Å². The van der Waals surface area contributed by atoms with Crippen LogP contribution in [0.15, 0.2) is 124 Å². The molecule has 486 valence electrons. The fraction of sp³-hybridized carbons (Fsp3) is 0.391. The molecule has 25 heteroatoms. The number of pyridine rings is 3. The Labute approximate surface area is 542 Å². The van der Waals surface area contributed by atoms with E-state index >= 15 is 0 Å². The van der Waals surface area contributed by atoms with Crippen molar-refractivity contribution in [3.63, 3.8) is 0 Å². The van der Waals surface area contributed by atoms with E-state index < -0.39 is 0 Å². The van der Waals surface area contributed by atoms with Gasteiger partial charge in [0.2, 0.25) is 0 Å². The zero-order chi connectivity index (χ0) is 65.3. The van der Waals surface area contributed by atoms with Crippen molar-refractivity contribution in [3.05, 3.63) is 175 Å². The summed E-state index contributed by atoms with van der Waals surface area (Å²) in [4.78, 5) is 75.6. The molecule has 3 aliphatic rings. The molecule has 0 amide bonds. The second kappa shape index (κ2) is 27.0. The van der Waals surface area contributed by atoms with Gasteiger partial charge in [0.05, 0.1) is 131 Å². The van der Waals surface area contributed by atoms with Crippen LogP contribution < -0.4 is 31.1 Å². The molecule has 0 aliphatic carbocycles. The molecule has 94 heavy (non-hydrogen) atoms. The van der Waals surface area contributed by atoms with E-state index in [1.165, 1.54) is 20.9 Å². The number of morpholine rings is 1. The number of hydrogen-bond acceptors (Lipinski definition) is 19. The fourth-order valence-corrected chi connectivity index (χ4v) is 12.9. The van der Waals surface area contributed by atoms with E-state index in [4.69, 9.17) is 19.2 Å². The van der Waals surface area contributed by atoms with Gasteiger partial charge in [-0.05, 0) is 141 Å². The summed E-state index contributed by atoms with van der Waals surface area (Å²) in [5, 5.41) is 13.9. The standard InChI is InChI=1S/C24H28N6O3.C23H25N7O.C22H26N6O2/c1-3-19-22-13-21(27-30(22)15-17(2)25-19)20-14-24(31)29-16-18(5-6-23(29)26-20)33-10-4-7-28-8-11-32-12-9-28;1-14-8-30-21(15(2)24-14)6-20(26-30)19-7-23(31)29-13-18(4-5-22(29)25-19)28-11-16-9-27(3)10-17(16)12-28;1-5-17-20-11-19(25-28(20)13-15(2)23-17)18-12-22(29)27-14-16(7-8-21(27)24-18)30-10-6-9-26(3)4/h5-6,13-16H,3-4,7-12H2,1-2H3;4-8,13,16-17H,9-12H2,1-3H3;7-8,11-14H,5-6,9-10H2,1-4H3/t;16-,17+;. The third-order valence-corrected chi connectivity index (χ3v) is 17.5. The van der Waals surface area contributed by atoms with Crippen molar-refractivity contribution in [1.82, 2.24) is 86.6 Å². The highest BCUT2D eigenvalue weighted by Crippen LogP contribution is 2.34. The molecule has 0 radical (unpaired) electrons. The van der Waals surface area contributed by atoms with Crippen molar-refractivity contribution >= 4 is 39.2 Å². The first-order valence-corrected chi connectivity index (χ1v) is 32.3. The minimum Gasteiger partial charge on any atom is -0.492 e. The molecule has 3 saturated heterocycles. The average Bonchev–Trinajstić information content (AvgIpc) is 1.57. The fourth-order valence-electron chi connectivity index (χ4n) is 12.9. The molecule has 15 rings (SSSR count). The lowest BCUT2D eigenvalue weighted by Crippen LogP contribution is -2.37. The number of rotatable bonds is 16. The summed E-state index contributed by atoms with van der Waals surface area (Å²) >= 11 is 0. The van der Waals surface area contributed by atoms with E-state index in [0.29, 0.717) is 75.8 Å². The molecule has 0 saturated carbocycles. The molecule has 0 bridgehead atoms. The number of likely N-dealkylation sites (tertiary alicyclic amines) is 1. The smallest absolute Gasteiger partial charge is 0.258 e. The average molecular weight is 1270 g/mol. The van der Waals surface area contributed by atoms with Crippen molar-refractivity contribution < 1.29 is 14.2 Å². The Morgan fingerprint density at radius 3 is 1.45 bits per heavy atom. The van der Waals surface area contributed by atoms with Crippen LogP contribution in [0.25, 0.3) is 67.7 Å². The zero-order valence-corrected chi connectivity index (χ0v) is 54.8. The SMILES string of the molecule is CCc1nc(C)cn2nc(-c3cc(=O)n4cc(OCCCN(C)C)ccc4n3)cc12.CCc1nc(C)cn2nc(-c3cc(=O)n4cc(OCCCN5CCOCC5)ccc4n3)cc12.Cc1cn2nc(-c3cc(=O)n4cc(N5C[C@H]6CN(C)C[C@H]6C5)ccc4n3)cc2c(C)n1. The van der Waals surface area contributed by atoms with Crippen molar-refractivity contribution in [1.29, 1.82) is 0 Å². The number of ether oxygens (including phenoxy) is 3. The number of fused-ring (bicyclic) bond motifs is 7. The quantitative estimate of drug-likeness (QED) is 0.0886. The maximum absolute atomic E-state index is 13.0. The van der Waals surface area contributed by atoms with Gasteiger partial charge >= 0.3 is 0 Å². The summed E-state index contributed by atoms with van der Waals surface area (Å²) in [5.41, 5.74) is 14.4. The van der Waals surface area contributed by atoms with Crippen LogP contribution >= 0.6 is 0 Å². The highest BCUT2D eigenvalue weighted by molar-refractivity contribution is 5.69. The predicted molar refractivity (Wildman–Crippen MR) is 361 cm³/mol. The van der Waals surface area contributed by atoms with Crippen LogP contribution in [-0.2, 0) is 17.6 Å². The van der Waals surface area contributed by atoms with Crippen LogP contribution in [0.4, 0.5) is 5.69 Å². The monoisotopic (exact) mass is 1270 g/mol. The second-order valence-corrected chi connectivity index (χ2v) is 25.0. The Morgan fingerprint density at radius 2 is 0.957 bits per heavy atom. The highest BCUT2D eigenvalue weighted by atomic mass is 16.5. The summed E-state index contributed by atoms with van der Waals surface area (Å²) in [7, 11) is 6.26. The van der Waals surface area contributed by atoms with Gasteiger partial charge in [-0.15, -0.1) is 0 Å². The minimum absolute atomic E-state index is 0.0935. The summed E-state index contributed by atoms with van der Waals surface area (Å²) in [6, 6.07) is 21.7. The first-order chi connectivity index (χ1) is 45.5. The van der Waals surface area contributed by atoms with E-state index in [0.717, 1.165) is 159 Å². The number of nitrogens with zero attached hydrogens (tertiary/aromatic N) is 19. The van der Waals surface area contributed by atoms with Gasteiger partial charge in [-0.3, -0.25) is 47.4 Å². The van der Waals surface area contributed by atoms with Crippen LogP contribution in [-0.4, -0.2) is 187 Å². The first kappa shape index (κ1) is 63.0.